The van der Waals surface area contributed by atoms with Crippen LogP contribution in [0.5, 0.6) is 0 Å². The second kappa shape index (κ2) is 6.62. The molecule has 19 heavy (non-hydrogen) atoms. The van der Waals surface area contributed by atoms with E-state index in [4.69, 9.17) is 34.8 Å². The number of aromatic nitrogens is 2. The van der Waals surface area contributed by atoms with Crippen LogP contribution in [0.25, 0.3) is 0 Å². The van der Waals surface area contributed by atoms with Crippen molar-refractivity contribution < 1.29 is 0 Å². The molecule has 6 heteroatoms. The van der Waals surface area contributed by atoms with Crippen molar-refractivity contribution in [2.24, 2.45) is 0 Å². The quantitative estimate of drug-likeness (QED) is 0.809. The Morgan fingerprint density at radius 3 is 2.74 bits per heavy atom. The molecule has 102 valence electrons. The highest BCUT2D eigenvalue weighted by Gasteiger charge is 2.13. The lowest BCUT2D eigenvalue weighted by Gasteiger charge is -2.16. The Hall–Kier alpha value is -0.740. The highest BCUT2D eigenvalue weighted by atomic mass is 35.5. The van der Waals surface area contributed by atoms with Gasteiger partial charge in [-0.05, 0) is 18.6 Å². The van der Waals surface area contributed by atoms with Gasteiger partial charge in [-0.25, -0.2) is 4.98 Å². The van der Waals surface area contributed by atoms with Gasteiger partial charge in [0.05, 0.1) is 21.4 Å². The first-order valence-electron chi connectivity index (χ1n) is 5.93. The maximum absolute atomic E-state index is 6.20. The van der Waals surface area contributed by atoms with Gasteiger partial charge in [-0.2, -0.15) is 0 Å². The molecule has 1 aromatic carbocycles. The van der Waals surface area contributed by atoms with Gasteiger partial charge >= 0.3 is 0 Å². The molecule has 0 aliphatic rings. The summed E-state index contributed by atoms with van der Waals surface area (Å²) >= 11 is 18.2. The molecule has 2 aromatic rings. The molecular formula is C13H14Cl3N3. The van der Waals surface area contributed by atoms with Crippen LogP contribution in [0.3, 0.4) is 0 Å². The van der Waals surface area contributed by atoms with Gasteiger partial charge in [-0.3, -0.25) is 0 Å². The first-order valence-corrected chi connectivity index (χ1v) is 7.07. The van der Waals surface area contributed by atoms with E-state index in [1.165, 1.54) is 0 Å². The first kappa shape index (κ1) is 14.7. The van der Waals surface area contributed by atoms with Crippen LogP contribution in [-0.4, -0.2) is 16.5 Å². The zero-order chi connectivity index (χ0) is 13.8. The number of aromatic amines is 1. The van der Waals surface area contributed by atoms with Crippen molar-refractivity contribution in [3.05, 3.63) is 51.0 Å². The monoisotopic (exact) mass is 317 g/mol. The van der Waals surface area contributed by atoms with Crippen LogP contribution in [0.2, 0.25) is 15.1 Å². The lowest BCUT2D eigenvalue weighted by molar-refractivity contribution is 0.574. The zero-order valence-electron chi connectivity index (χ0n) is 10.4. The number of nitrogens with zero attached hydrogens (tertiary/aromatic N) is 1. The van der Waals surface area contributed by atoms with Crippen molar-refractivity contribution in [2.75, 3.05) is 6.54 Å². The third kappa shape index (κ3) is 3.63. The smallest absolute Gasteiger partial charge is 0.0921 e. The molecule has 0 saturated heterocycles. The minimum Gasteiger partial charge on any atom is -0.348 e. The van der Waals surface area contributed by atoms with Crippen molar-refractivity contribution >= 4 is 34.8 Å². The summed E-state index contributed by atoms with van der Waals surface area (Å²) in [6.45, 7) is 2.86. The lowest BCUT2D eigenvalue weighted by Crippen LogP contribution is -2.21. The Kier molecular flexibility index (Phi) is 5.11. The van der Waals surface area contributed by atoms with E-state index in [9.17, 15) is 0 Å². The van der Waals surface area contributed by atoms with Gasteiger partial charge in [-0.15, -0.1) is 0 Å². The molecule has 1 unspecified atom stereocenters. The van der Waals surface area contributed by atoms with Gasteiger partial charge in [0.25, 0.3) is 0 Å². The molecule has 1 heterocycles. The minimum atomic E-state index is 0.102. The van der Waals surface area contributed by atoms with E-state index in [1.54, 1.807) is 12.4 Å². The number of imidazole rings is 1. The summed E-state index contributed by atoms with van der Waals surface area (Å²) in [5, 5.41) is 4.78. The number of hydrogen-bond acceptors (Lipinski definition) is 2. The fourth-order valence-electron chi connectivity index (χ4n) is 1.83. The van der Waals surface area contributed by atoms with Crippen LogP contribution in [0.15, 0.2) is 24.7 Å². The van der Waals surface area contributed by atoms with Crippen LogP contribution in [-0.2, 0) is 6.42 Å². The Balaban J connectivity index is 1.96. The topological polar surface area (TPSA) is 40.7 Å². The molecule has 0 bridgehead atoms. The van der Waals surface area contributed by atoms with Crippen LogP contribution in [0.4, 0.5) is 0 Å². The van der Waals surface area contributed by atoms with E-state index in [2.05, 4.69) is 15.3 Å². The predicted octanol–water partition coefficient (Wildman–Crippen LogP) is 4.26. The second-order valence-corrected chi connectivity index (χ2v) is 5.43. The summed E-state index contributed by atoms with van der Waals surface area (Å²) in [5.41, 5.74) is 2.04. The van der Waals surface area contributed by atoms with Crippen molar-refractivity contribution in [1.29, 1.82) is 0 Å². The van der Waals surface area contributed by atoms with Crippen molar-refractivity contribution in [3.8, 4) is 0 Å². The summed E-state index contributed by atoms with van der Waals surface area (Å²) in [4.78, 5) is 7.04. The van der Waals surface area contributed by atoms with Crippen LogP contribution >= 0.6 is 34.8 Å². The normalized spacial score (nSPS) is 12.6. The average molecular weight is 319 g/mol. The third-order valence-electron chi connectivity index (χ3n) is 2.93. The fourth-order valence-corrected chi connectivity index (χ4v) is 2.54. The molecule has 2 rings (SSSR count). The standard InChI is InChI=1S/C13H14Cl3N3/c1-8(18-5-4-9-6-17-7-19-9)10-2-3-11(14)13(16)12(10)15/h2-3,6-8,18H,4-5H2,1H3,(H,17,19). The molecule has 0 aliphatic heterocycles. The van der Waals surface area contributed by atoms with Gasteiger partial charge < -0.3 is 10.3 Å². The number of rotatable bonds is 5. The van der Waals surface area contributed by atoms with Crippen molar-refractivity contribution in [2.45, 2.75) is 19.4 Å². The predicted molar refractivity (Wildman–Crippen MR) is 80.2 cm³/mol. The molecule has 0 fully saturated rings. The summed E-state index contributed by atoms with van der Waals surface area (Å²) in [6.07, 6.45) is 4.37. The maximum Gasteiger partial charge on any atom is 0.0921 e. The molecule has 0 amide bonds. The van der Waals surface area contributed by atoms with E-state index in [-0.39, 0.29) is 6.04 Å². The summed E-state index contributed by atoms with van der Waals surface area (Å²) in [7, 11) is 0. The Labute approximate surface area is 127 Å². The average Bonchev–Trinajstić information content (AvgIpc) is 2.89. The largest absolute Gasteiger partial charge is 0.348 e. The van der Waals surface area contributed by atoms with Crippen LogP contribution in [0, 0.1) is 0 Å². The Bertz CT molecular complexity index is 540. The first-order chi connectivity index (χ1) is 9.09. The highest BCUT2D eigenvalue weighted by molar-refractivity contribution is 6.48. The number of benzene rings is 1. The van der Waals surface area contributed by atoms with Crippen LogP contribution in [0.1, 0.15) is 24.2 Å². The molecule has 3 nitrogen and oxygen atoms in total. The third-order valence-corrected chi connectivity index (χ3v) is 4.24. The molecule has 1 atom stereocenters. The second-order valence-electron chi connectivity index (χ2n) is 4.27. The molecule has 0 aliphatic carbocycles. The lowest BCUT2D eigenvalue weighted by atomic mass is 10.1. The number of nitrogens with one attached hydrogen (secondary N) is 2. The Morgan fingerprint density at radius 2 is 2.05 bits per heavy atom. The maximum atomic E-state index is 6.20. The highest BCUT2D eigenvalue weighted by Crippen LogP contribution is 2.35. The Morgan fingerprint density at radius 1 is 1.26 bits per heavy atom. The minimum absolute atomic E-state index is 0.102. The number of hydrogen-bond donors (Lipinski definition) is 2. The summed E-state index contributed by atoms with van der Waals surface area (Å²) < 4.78 is 0. The van der Waals surface area contributed by atoms with Gasteiger partial charge in [0, 0.05) is 30.9 Å². The molecule has 2 N–H and O–H groups in total. The van der Waals surface area contributed by atoms with E-state index < -0.39 is 0 Å². The number of halogens is 3. The van der Waals surface area contributed by atoms with Crippen molar-refractivity contribution in [1.82, 2.24) is 15.3 Å². The summed E-state index contributed by atoms with van der Waals surface area (Å²) in [6, 6.07) is 3.76. The SMILES string of the molecule is CC(NCCc1cnc[nH]1)c1ccc(Cl)c(Cl)c1Cl. The molecular weight excluding hydrogens is 305 g/mol. The van der Waals surface area contributed by atoms with E-state index in [1.807, 2.05) is 19.2 Å². The van der Waals surface area contributed by atoms with E-state index in [0.29, 0.717) is 15.1 Å². The van der Waals surface area contributed by atoms with Gasteiger partial charge in [-0.1, -0.05) is 40.9 Å². The zero-order valence-corrected chi connectivity index (χ0v) is 12.6. The molecule has 0 saturated carbocycles. The molecule has 0 spiro atoms. The van der Waals surface area contributed by atoms with Crippen molar-refractivity contribution in [3.63, 3.8) is 0 Å². The van der Waals surface area contributed by atoms with Crippen LogP contribution < -0.4 is 5.32 Å². The van der Waals surface area contributed by atoms with Gasteiger partial charge in [0.15, 0.2) is 0 Å². The number of H-pyrrole nitrogens is 1. The van der Waals surface area contributed by atoms with Gasteiger partial charge in [0.1, 0.15) is 0 Å². The fraction of sp³-hybridized carbons (Fsp3) is 0.308. The van der Waals surface area contributed by atoms with E-state index in [0.717, 1.165) is 24.2 Å². The molecule has 0 radical (unpaired) electrons. The van der Waals surface area contributed by atoms with Gasteiger partial charge in [0.2, 0.25) is 0 Å². The summed E-state index contributed by atoms with van der Waals surface area (Å²) in [5.74, 6) is 0. The van der Waals surface area contributed by atoms with E-state index >= 15 is 0 Å². The molecule has 1 aromatic heterocycles.